The molecule has 0 bridgehead atoms. The molecule has 4 heteroatoms. The molecule has 0 aliphatic carbocycles. The summed E-state index contributed by atoms with van der Waals surface area (Å²) in [5.74, 6) is 0.605. The molecule has 0 aliphatic heterocycles. The van der Waals surface area contributed by atoms with Crippen molar-refractivity contribution < 1.29 is 14.3 Å². The van der Waals surface area contributed by atoms with Crippen LogP contribution in [-0.4, -0.2) is 17.6 Å². The molecule has 0 fully saturated rings. The fourth-order valence-electron chi connectivity index (χ4n) is 1.71. The van der Waals surface area contributed by atoms with E-state index in [9.17, 15) is 9.90 Å². The zero-order chi connectivity index (χ0) is 13.0. The van der Waals surface area contributed by atoms with Gasteiger partial charge >= 0.3 is 0 Å². The minimum absolute atomic E-state index is 0.157. The van der Waals surface area contributed by atoms with Crippen molar-refractivity contribution in [3.63, 3.8) is 0 Å². The Morgan fingerprint density at radius 2 is 2.00 bits per heavy atom. The van der Waals surface area contributed by atoms with Crippen LogP contribution >= 0.6 is 0 Å². The molecule has 1 unspecified atom stereocenters. The lowest BCUT2D eigenvalue weighted by Gasteiger charge is -2.15. The van der Waals surface area contributed by atoms with Gasteiger partial charge in [0.1, 0.15) is 5.76 Å². The summed E-state index contributed by atoms with van der Waals surface area (Å²) in [7, 11) is 0. The molecular weight excluding hydrogens is 230 g/mol. The molecule has 1 heterocycles. The Hall–Kier alpha value is -2.07. The number of hydrogen-bond acceptors (Lipinski definition) is 3. The summed E-state index contributed by atoms with van der Waals surface area (Å²) in [5, 5.41) is 12.1. The van der Waals surface area contributed by atoms with Gasteiger partial charge in [-0.05, 0) is 24.6 Å². The molecule has 0 spiro atoms. The van der Waals surface area contributed by atoms with Crippen molar-refractivity contribution in [2.45, 2.75) is 13.0 Å². The summed E-state index contributed by atoms with van der Waals surface area (Å²) in [6, 6.07) is 12.2. The lowest BCUT2D eigenvalue weighted by molar-refractivity contribution is 0.0887. The number of hydrogen-bond donors (Lipinski definition) is 2. The largest absolute Gasteiger partial charge is 0.456 e. The van der Waals surface area contributed by atoms with Gasteiger partial charge in [-0.25, -0.2) is 0 Å². The molecule has 2 aromatic rings. The molecule has 1 aromatic heterocycles. The minimum Gasteiger partial charge on any atom is -0.456 e. The highest BCUT2D eigenvalue weighted by Crippen LogP contribution is 2.13. The summed E-state index contributed by atoms with van der Waals surface area (Å²) in [5.41, 5.74) is 0.858. The average Bonchev–Trinajstić information content (AvgIpc) is 2.83. The van der Waals surface area contributed by atoms with Crippen LogP contribution < -0.4 is 5.32 Å². The summed E-state index contributed by atoms with van der Waals surface area (Å²) in [4.78, 5) is 11.9. The number of aliphatic hydroxyl groups excluding tert-OH is 1. The topological polar surface area (TPSA) is 62.5 Å². The van der Waals surface area contributed by atoms with Gasteiger partial charge in [0.25, 0.3) is 5.91 Å². The molecule has 94 valence electrons. The van der Waals surface area contributed by atoms with E-state index in [1.165, 1.54) is 0 Å². The van der Waals surface area contributed by atoms with Gasteiger partial charge in [-0.2, -0.15) is 0 Å². The first-order valence-electron chi connectivity index (χ1n) is 5.74. The molecule has 18 heavy (non-hydrogen) atoms. The predicted molar refractivity (Wildman–Crippen MR) is 67.2 cm³/mol. The van der Waals surface area contributed by atoms with Gasteiger partial charge in [0.05, 0.1) is 12.6 Å². The standard InChI is InChI=1S/C14H15NO3/c1-10-7-8-13(18-10)14(17)15-12(9-16)11-5-3-2-4-6-11/h2-8,12,16H,9H2,1H3,(H,15,17). The summed E-state index contributed by atoms with van der Waals surface area (Å²) >= 11 is 0. The van der Waals surface area contributed by atoms with Crippen LogP contribution in [0.5, 0.6) is 0 Å². The van der Waals surface area contributed by atoms with Gasteiger partial charge < -0.3 is 14.8 Å². The van der Waals surface area contributed by atoms with Crippen molar-refractivity contribution in [2.75, 3.05) is 6.61 Å². The molecule has 0 radical (unpaired) electrons. The van der Waals surface area contributed by atoms with Crippen LogP contribution in [0.3, 0.4) is 0 Å². The number of amides is 1. The van der Waals surface area contributed by atoms with Crippen LogP contribution in [0.25, 0.3) is 0 Å². The van der Waals surface area contributed by atoms with E-state index >= 15 is 0 Å². The minimum atomic E-state index is -0.427. The van der Waals surface area contributed by atoms with Crippen LogP contribution in [0, 0.1) is 6.92 Å². The van der Waals surface area contributed by atoms with Gasteiger partial charge in [0.2, 0.25) is 0 Å². The van der Waals surface area contributed by atoms with E-state index in [2.05, 4.69) is 5.32 Å². The lowest BCUT2D eigenvalue weighted by Crippen LogP contribution is -2.30. The quantitative estimate of drug-likeness (QED) is 0.866. The van der Waals surface area contributed by atoms with E-state index in [0.717, 1.165) is 5.56 Å². The van der Waals surface area contributed by atoms with Crippen molar-refractivity contribution in [1.82, 2.24) is 5.32 Å². The first-order chi connectivity index (χ1) is 8.70. The van der Waals surface area contributed by atoms with Crippen LogP contribution in [-0.2, 0) is 0 Å². The maximum atomic E-state index is 11.9. The lowest BCUT2D eigenvalue weighted by atomic mass is 10.1. The van der Waals surface area contributed by atoms with E-state index in [1.54, 1.807) is 19.1 Å². The van der Waals surface area contributed by atoms with Crippen LogP contribution in [0.15, 0.2) is 46.9 Å². The number of benzene rings is 1. The number of aryl methyl sites for hydroxylation is 1. The summed E-state index contributed by atoms with van der Waals surface area (Å²) < 4.78 is 5.23. The fraction of sp³-hybridized carbons (Fsp3) is 0.214. The molecule has 2 rings (SSSR count). The Morgan fingerprint density at radius 3 is 2.56 bits per heavy atom. The van der Waals surface area contributed by atoms with Crippen LogP contribution in [0.2, 0.25) is 0 Å². The molecule has 4 nitrogen and oxygen atoms in total. The van der Waals surface area contributed by atoms with Gasteiger partial charge in [0, 0.05) is 0 Å². The smallest absolute Gasteiger partial charge is 0.287 e. The molecule has 0 saturated heterocycles. The number of aliphatic hydroxyl groups is 1. The second-order valence-electron chi connectivity index (χ2n) is 4.03. The Morgan fingerprint density at radius 1 is 1.28 bits per heavy atom. The van der Waals surface area contributed by atoms with Crippen molar-refractivity contribution >= 4 is 5.91 Å². The molecule has 2 N–H and O–H groups in total. The van der Waals surface area contributed by atoms with Crippen molar-refractivity contribution in [3.8, 4) is 0 Å². The third kappa shape index (κ3) is 2.78. The first kappa shape index (κ1) is 12.4. The summed E-state index contributed by atoms with van der Waals surface area (Å²) in [6.45, 7) is 1.62. The third-order valence-corrected chi connectivity index (χ3v) is 2.65. The average molecular weight is 245 g/mol. The van der Waals surface area contributed by atoms with Gasteiger partial charge in [-0.3, -0.25) is 4.79 Å². The fourth-order valence-corrected chi connectivity index (χ4v) is 1.71. The highest BCUT2D eigenvalue weighted by atomic mass is 16.3. The molecule has 1 amide bonds. The van der Waals surface area contributed by atoms with Crippen LogP contribution in [0.4, 0.5) is 0 Å². The number of furan rings is 1. The normalized spacial score (nSPS) is 12.1. The Labute approximate surface area is 105 Å². The van der Waals surface area contributed by atoms with Gasteiger partial charge in [-0.15, -0.1) is 0 Å². The third-order valence-electron chi connectivity index (χ3n) is 2.65. The molecule has 1 aromatic carbocycles. The van der Waals surface area contributed by atoms with E-state index in [1.807, 2.05) is 30.3 Å². The van der Waals surface area contributed by atoms with E-state index in [4.69, 9.17) is 4.42 Å². The predicted octanol–water partition coefficient (Wildman–Crippen LogP) is 2.05. The first-order valence-corrected chi connectivity index (χ1v) is 5.74. The maximum absolute atomic E-state index is 11.9. The van der Waals surface area contributed by atoms with Crippen molar-refractivity contribution in [2.24, 2.45) is 0 Å². The zero-order valence-electron chi connectivity index (χ0n) is 10.1. The van der Waals surface area contributed by atoms with E-state index < -0.39 is 6.04 Å². The Balaban J connectivity index is 2.10. The maximum Gasteiger partial charge on any atom is 0.287 e. The summed E-state index contributed by atoms with van der Waals surface area (Å²) in [6.07, 6.45) is 0. The zero-order valence-corrected chi connectivity index (χ0v) is 10.1. The molecule has 1 atom stereocenters. The number of nitrogens with one attached hydrogen (secondary N) is 1. The molecule has 0 saturated carbocycles. The van der Waals surface area contributed by atoms with Crippen molar-refractivity contribution in [3.05, 3.63) is 59.5 Å². The monoisotopic (exact) mass is 245 g/mol. The van der Waals surface area contributed by atoms with Gasteiger partial charge in [-0.1, -0.05) is 30.3 Å². The SMILES string of the molecule is Cc1ccc(C(=O)NC(CO)c2ccccc2)o1. The van der Waals surface area contributed by atoms with E-state index in [0.29, 0.717) is 5.76 Å². The Bertz CT molecular complexity index is 519. The number of rotatable bonds is 4. The van der Waals surface area contributed by atoms with E-state index in [-0.39, 0.29) is 18.3 Å². The second-order valence-corrected chi connectivity index (χ2v) is 4.03. The molecule has 0 aliphatic rings. The number of carbonyl (C=O) groups is 1. The highest BCUT2D eigenvalue weighted by Gasteiger charge is 2.16. The molecular formula is C14H15NO3. The Kier molecular flexibility index (Phi) is 3.79. The number of carbonyl (C=O) groups excluding carboxylic acids is 1. The van der Waals surface area contributed by atoms with Gasteiger partial charge in [0.15, 0.2) is 5.76 Å². The second kappa shape index (κ2) is 5.51. The van der Waals surface area contributed by atoms with Crippen LogP contribution in [0.1, 0.15) is 27.9 Å². The highest BCUT2D eigenvalue weighted by molar-refractivity contribution is 5.91. The van der Waals surface area contributed by atoms with Crippen molar-refractivity contribution in [1.29, 1.82) is 0 Å².